The molecule has 0 bridgehead atoms. The number of ether oxygens (including phenoxy) is 3. The first kappa shape index (κ1) is 64.9. The molecule has 0 saturated heterocycles. The molecule has 0 radical (unpaired) electrons. The lowest BCUT2D eigenvalue weighted by molar-refractivity contribution is -0.161. The van der Waals surface area contributed by atoms with Crippen molar-refractivity contribution in [2.24, 2.45) is 0 Å². The Balaban J connectivity index is 4.81. The van der Waals surface area contributed by atoms with E-state index in [1.165, 1.54) is 70.6 Å². The lowest BCUT2D eigenvalue weighted by Crippen LogP contribution is -2.30. The van der Waals surface area contributed by atoms with E-state index >= 15 is 0 Å². The number of phosphoric acid groups is 1. The summed E-state index contributed by atoms with van der Waals surface area (Å²) in [5, 5.41) is 9.78. The second-order valence-corrected chi connectivity index (χ2v) is 19.1. The highest BCUT2D eigenvalue weighted by Gasteiger charge is 2.28. The molecule has 0 amide bonds. The molecule has 11 nitrogen and oxygen atoms in total. The molecule has 0 heterocycles. The summed E-state index contributed by atoms with van der Waals surface area (Å²) in [4.78, 5) is 48.3. The molecule has 0 saturated carbocycles. The van der Waals surface area contributed by atoms with Crippen LogP contribution in [0.3, 0.4) is 0 Å². The lowest BCUT2D eigenvalue weighted by atomic mass is 10.0. The number of hydrogen-bond acceptors (Lipinski definition) is 10. The van der Waals surface area contributed by atoms with Gasteiger partial charge in [0, 0.05) is 19.3 Å². The van der Waals surface area contributed by atoms with Crippen molar-refractivity contribution in [3.8, 4) is 0 Å². The van der Waals surface area contributed by atoms with Crippen molar-refractivity contribution in [2.45, 2.75) is 238 Å². The molecule has 0 aromatic heterocycles. The molecule has 2 N–H and O–H groups in total. The summed E-state index contributed by atoms with van der Waals surface area (Å²) in [6.07, 6.45) is 54.6. The van der Waals surface area contributed by atoms with E-state index in [1.807, 2.05) is 12.2 Å². The van der Waals surface area contributed by atoms with Crippen molar-refractivity contribution in [1.82, 2.24) is 0 Å². The zero-order chi connectivity index (χ0) is 49.9. The fourth-order valence-corrected chi connectivity index (χ4v) is 7.84. The van der Waals surface area contributed by atoms with Crippen LogP contribution in [-0.2, 0) is 42.2 Å². The first-order chi connectivity index (χ1) is 33.2. The Morgan fingerprint density at radius 2 is 0.824 bits per heavy atom. The molecule has 3 unspecified atom stereocenters. The van der Waals surface area contributed by atoms with Gasteiger partial charge in [-0.3, -0.25) is 23.4 Å². The Bertz CT molecular complexity index is 1420. The second-order valence-electron chi connectivity index (χ2n) is 17.7. The average Bonchev–Trinajstić information content (AvgIpc) is 3.32. The predicted molar refractivity (Wildman–Crippen MR) is 279 cm³/mol. The maximum absolute atomic E-state index is 12.9. The zero-order valence-electron chi connectivity index (χ0n) is 43.1. The number of aliphatic hydroxyl groups is 1. The van der Waals surface area contributed by atoms with E-state index in [-0.39, 0.29) is 25.9 Å². The van der Waals surface area contributed by atoms with Crippen molar-refractivity contribution in [1.29, 1.82) is 0 Å². The predicted octanol–water partition coefficient (Wildman–Crippen LogP) is 15.4. The fourth-order valence-electron chi connectivity index (χ4n) is 7.05. The van der Waals surface area contributed by atoms with Crippen LogP contribution in [0, 0.1) is 0 Å². The third kappa shape index (κ3) is 48.0. The second kappa shape index (κ2) is 50.3. The molecular formula is C56H97O11P. The van der Waals surface area contributed by atoms with Gasteiger partial charge in [0.2, 0.25) is 0 Å². The fraction of sp³-hybridized carbons (Fsp3) is 0.732. The Hall–Kier alpha value is -3.08. The van der Waals surface area contributed by atoms with Gasteiger partial charge < -0.3 is 24.2 Å². The molecule has 0 spiro atoms. The van der Waals surface area contributed by atoms with E-state index in [9.17, 15) is 28.9 Å². The summed E-state index contributed by atoms with van der Waals surface area (Å²) in [6.45, 7) is 4.36. The van der Waals surface area contributed by atoms with E-state index in [0.29, 0.717) is 19.3 Å². The normalized spacial score (nSPS) is 14.0. The summed E-state index contributed by atoms with van der Waals surface area (Å²) in [6, 6.07) is 0. The number of rotatable bonds is 49. The summed E-state index contributed by atoms with van der Waals surface area (Å²) >= 11 is 0. The van der Waals surface area contributed by atoms with Crippen LogP contribution in [0.25, 0.3) is 0 Å². The van der Waals surface area contributed by atoms with Crippen LogP contribution in [0.4, 0.5) is 0 Å². The van der Waals surface area contributed by atoms with Crippen LogP contribution in [0.5, 0.6) is 0 Å². The largest absolute Gasteiger partial charge is 0.472 e. The van der Waals surface area contributed by atoms with E-state index in [2.05, 4.69) is 81.5 Å². The first-order valence-electron chi connectivity index (χ1n) is 26.8. The molecule has 0 aliphatic heterocycles. The molecule has 0 aromatic rings. The van der Waals surface area contributed by atoms with E-state index < -0.39 is 57.8 Å². The van der Waals surface area contributed by atoms with Crippen LogP contribution in [0.2, 0.25) is 0 Å². The van der Waals surface area contributed by atoms with Gasteiger partial charge in [-0.15, -0.1) is 0 Å². The minimum absolute atomic E-state index is 0.104. The minimum Gasteiger partial charge on any atom is -0.462 e. The topological polar surface area (TPSA) is 155 Å². The van der Waals surface area contributed by atoms with E-state index in [1.54, 1.807) is 0 Å². The molecule has 0 aliphatic carbocycles. The van der Waals surface area contributed by atoms with E-state index in [0.717, 1.165) is 96.3 Å². The number of carbonyl (C=O) groups excluding carboxylic acids is 3. The van der Waals surface area contributed by atoms with Gasteiger partial charge in [-0.2, -0.15) is 0 Å². The molecule has 68 heavy (non-hydrogen) atoms. The zero-order valence-corrected chi connectivity index (χ0v) is 43.9. The summed E-state index contributed by atoms with van der Waals surface area (Å²) < 4.78 is 39.3. The Morgan fingerprint density at radius 3 is 1.29 bits per heavy atom. The Kier molecular flexibility index (Phi) is 48.0. The van der Waals surface area contributed by atoms with Crippen molar-refractivity contribution >= 4 is 25.7 Å². The monoisotopic (exact) mass is 977 g/mol. The number of phosphoric ester groups is 1. The van der Waals surface area contributed by atoms with Crippen LogP contribution in [0.15, 0.2) is 72.9 Å². The van der Waals surface area contributed by atoms with Crippen LogP contribution >= 0.6 is 7.82 Å². The summed E-state index contributed by atoms with van der Waals surface area (Å²) in [7, 11) is -4.76. The van der Waals surface area contributed by atoms with E-state index in [4.69, 9.17) is 23.3 Å². The number of carbonyl (C=O) groups is 3. The molecule has 392 valence electrons. The third-order valence-electron chi connectivity index (χ3n) is 11.1. The van der Waals surface area contributed by atoms with Crippen LogP contribution in [-0.4, -0.2) is 66.5 Å². The molecule has 0 rings (SSSR count). The van der Waals surface area contributed by atoms with Gasteiger partial charge >= 0.3 is 25.7 Å². The van der Waals surface area contributed by atoms with Gasteiger partial charge in [-0.05, 0) is 70.6 Å². The van der Waals surface area contributed by atoms with Gasteiger partial charge in [0.1, 0.15) is 12.7 Å². The molecule has 12 heteroatoms. The maximum Gasteiger partial charge on any atom is 0.472 e. The molecular weight excluding hydrogens is 880 g/mol. The molecule has 0 fully saturated rings. The molecule has 3 atom stereocenters. The number of hydrogen-bond donors (Lipinski definition) is 2. The van der Waals surface area contributed by atoms with Crippen molar-refractivity contribution < 1.29 is 52.2 Å². The van der Waals surface area contributed by atoms with Gasteiger partial charge in [0.05, 0.1) is 19.8 Å². The lowest BCUT2D eigenvalue weighted by Gasteiger charge is -2.21. The number of aliphatic hydroxyl groups excluding tert-OH is 1. The standard InChI is InChI=1S/C56H97O11P/c1-4-7-10-13-16-19-22-25-26-29-32-35-38-41-44-47-56(60)67-53(49-63-54(58)45-42-39-36-33-30-27-23-20-17-14-11-8-5-2)51-65-68(61,62)64-50-52(48-57)66-55(59)46-43-40-37-34-31-28-24-21-18-15-12-9-6-3/h8,11-12,15,17,20-21,24,27,30,36,39,52-53,57H,4-7,9-10,13-14,16,18-19,22-23,25-26,28-29,31-35,37-38,40-51H2,1-3H3,(H,61,62)/b11-8-,15-12-,20-17-,24-21-,30-27-,39-36-. The van der Waals surface area contributed by atoms with Gasteiger partial charge in [0.25, 0.3) is 0 Å². The highest BCUT2D eigenvalue weighted by atomic mass is 31.2. The van der Waals surface area contributed by atoms with Crippen molar-refractivity contribution in [3.63, 3.8) is 0 Å². The first-order valence-corrected chi connectivity index (χ1v) is 28.3. The minimum atomic E-state index is -4.76. The van der Waals surface area contributed by atoms with Gasteiger partial charge in [-0.25, -0.2) is 4.57 Å². The third-order valence-corrected chi connectivity index (χ3v) is 12.1. The highest BCUT2D eigenvalue weighted by molar-refractivity contribution is 7.47. The van der Waals surface area contributed by atoms with Crippen LogP contribution < -0.4 is 0 Å². The summed E-state index contributed by atoms with van der Waals surface area (Å²) in [5.74, 6) is -1.57. The van der Waals surface area contributed by atoms with Gasteiger partial charge in [-0.1, -0.05) is 209 Å². The number of allylic oxidation sites excluding steroid dienone is 12. The van der Waals surface area contributed by atoms with Gasteiger partial charge in [0.15, 0.2) is 6.10 Å². The quantitative estimate of drug-likeness (QED) is 0.0197. The van der Waals surface area contributed by atoms with Crippen LogP contribution in [0.1, 0.15) is 226 Å². The number of esters is 3. The average molecular weight is 977 g/mol. The smallest absolute Gasteiger partial charge is 0.462 e. The molecule has 0 aromatic carbocycles. The highest BCUT2D eigenvalue weighted by Crippen LogP contribution is 2.43. The SMILES string of the molecule is CC/C=C\C/C=C\C/C=C\C/C=C\CCC(=O)OCC(COP(=O)(O)OCC(CO)OC(=O)CCCCCCC/C=C\C/C=C\CCC)OC(=O)CCCCCCCCCCCCCCCCC. The number of unbranched alkanes of at least 4 members (excludes halogenated alkanes) is 20. The Morgan fingerprint density at radius 1 is 0.426 bits per heavy atom. The summed E-state index contributed by atoms with van der Waals surface area (Å²) in [5.41, 5.74) is 0. The maximum atomic E-state index is 12.9. The Labute approximate surface area is 414 Å². The van der Waals surface area contributed by atoms with Crippen molar-refractivity contribution in [3.05, 3.63) is 72.9 Å². The van der Waals surface area contributed by atoms with Crippen molar-refractivity contribution in [2.75, 3.05) is 26.4 Å². The molecule has 0 aliphatic rings.